The zero-order chi connectivity index (χ0) is 16.6. The summed E-state index contributed by atoms with van der Waals surface area (Å²) < 4.78 is 2.10. The largest absolute Gasteiger partial charge is 0.341 e. The summed E-state index contributed by atoms with van der Waals surface area (Å²) in [4.78, 5) is 12.8. The van der Waals surface area contributed by atoms with Crippen LogP contribution in [0, 0.1) is 6.07 Å². The van der Waals surface area contributed by atoms with E-state index in [2.05, 4.69) is 43.7 Å². The van der Waals surface area contributed by atoms with Crippen LogP contribution in [0.4, 0.5) is 0 Å². The molecule has 0 aliphatic carbocycles. The number of aromatic nitrogens is 4. The van der Waals surface area contributed by atoms with Gasteiger partial charge in [0.1, 0.15) is 0 Å². The van der Waals surface area contributed by atoms with Gasteiger partial charge in [0.25, 0.3) is 0 Å². The molecule has 0 unspecified atom stereocenters. The maximum Gasteiger partial charge on any atom is 0.0630 e. The summed E-state index contributed by atoms with van der Waals surface area (Å²) >= 11 is 0. The van der Waals surface area contributed by atoms with Gasteiger partial charge in [0.05, 0.1) is 11.3 Å². The smallest absolute Gasteiger partial charge is 0.0630 e. The van der Waals surface area contributed by atoms with Gasteiger partial charge in [-0.2, -0.15) is 0 Å². The first-order chi connectivity index (χ1) is 12.4. The second kappa shape index (κ2) is 6.79. The zero-order valence-corrected chi connectivity index (χ0v) is 16.0. The number of imidazole rings is 1. The number of nitrogens with zero attached hydrogens (tertiary/aromatic N) is 4. The third-order valence-corrected chi connectivity index (χ3v) is 4.39. The van der Waals surface area contributed by atoms with Gasteiger partial charge in [0.2, 0.25) is 0 Å². The van der Waals surface area contributed by atoms with E-state index in [1.807, 2.05) is 36.5 Å². The normalized spacial score (nSPS) is 10.8. The van der Waals surface area contributed by atoms with Crippen molar-refractivity contribution in [2.45, 2.75) is 0 Å². The van der Waals surface area contributed by atoms with Crippen molar-refractivity contribution < 1.29 is 20.1 Å². The van der Waals surface area contributed by atoms with Crippen molar-refractivity contribution in [3.63, 3.8) is 0 Å². The molecule has 1 aromatic carbocycles. The summed E-state index contributed by atoms with van der Waals surface area (Å²) in [6.45, 7) is 0. The predicted octanol–water partition coefficient (Wildman–Crippen LogP) is 4.41. The Labute approximate surface area is 163 Å². The van der Waals surface area contributed by atoms with Gasteiger partial charge in [-0.1, -0.05) is 17.2 Å². The molecule has 0 N–H and O–H groups in total. The van der Waals surface area contributed by atoms with Crippen LogP contribution in [0.2, 0.25) is 0 Å². The molecule has 0 atom stereocenters. The topological polar surface area (TPSA) is 43.1 Å². The van der Waals surface area contributed by atoms with Gasteiger partial charge in [-0.25, -0.2) is 0 Å². The average molecular weight is 514 g/mol. The second-order valence-electron chi connectivity index (χ2n) is 5.84. The molecule has 5 aromatic rings. The Kier molecular flexibility index (Phi) is 4.33. The molecule has 4 heterocycles. The van der Waals surface area contributed by atoms with Gasteiger partial charge in [-0.3, -0.25) is 15.0 Å². The van der Waals surface area contributed by atoms with Gasteiger partial charge in [-0.15, -0.1) is 29.0 Å². The molecule has 4 aromatic heterocycles. The fourth-order valence-electron chi connectivity index (χ4n) is 3.14. The predicted molar refractivity (Wildman–Crippen MR) is 98.0 cm³/mol. The Morgan fingerprint density at radius 1 is 0.808 bits per heavy atom. The van der Waals surface area contributed by atoms with E-state index in [4.69, 9.17) is 0 Å². The first-order valence-electron chi connectivity index (χ1n) is 8.02. The fraction of sp³-hybridized carbons (Fsp3) is 0. The molecular weight excluding hydrogens is 500 g/mol. The molecule has 0 spiro atoms. The molecule has 4 nitrogen and oxygen atoms in total. The molecule has 0 fully saturated rings. The third-order valence-electron chi connectivity index (χ3n) is 4.39. The van der Waals surface area contributed by atoms with Crippen LogP contribution >= 0.6 is 0 Å². The van der Waals surface area contributed by atoms with E-state index < -0.39 is 0 Å². The van der Waals surface area contributed by atoms with E-state index in [0.29, 0.717) is 0 Å². The first-order valence-corrected chi connectivity index (χ1v) is 8.02. The molecule has 0 amide bonds. The Balaban J connectivity index is 0.00000168. The van der Waals surface area contributed by atoms with Crippen molar-refractivity contribution in [3.8, 4) is 22.4 Å². The average Bonchev–Trinajstić information content (AvgIpc) is 3.13. The first kappa shape index (κ1) is 16.6. The number of hydrogen-bond acceptors (Lipinski definition) is 3. The summed E-state index contributed by atoms with van der Waals surface area (Å²) in [5.41, 5.74) is 5.31. The van der Waals surface area contributed by atoms with Crippen molar-refractivity contribution in [1.82, 2.24) is 19.4 Å². The molecule has 0 aliphatic heterocycles. The minimum atomic E-state index is 0. The van der Waals surface area contributed by atoms with Crippen LogP contribution in [0.25, 0.3) is 38.8 Å². The van der Waals surface area contributed by atoms with E-state index in [0.717, 1.165) is 38.8 Å². The van der Waals surface area contributed by atoms with Gasteiger partial charge in [-0.05, 0) is 30.5 Å². The van der Waals surface area contributed by atoms with E-state index in [-0.39, 0.29) is 20.1 Å². The van der Waals surface area contributed by atoms with Crippen LogP contribution < -0.4 is 0 Å². The summed E-state index contributed by atoms with van der Waals surface area (Å²) in [6.07, 6.45) is 11.2. The van der Waals surface area contributed by atoms with Crippen molar-refractivity contribution in [2.75, 3.05) is 0 Å². The minimum absolute atomic E-state index is 0. The van der Waals surface area contributed by atoms with Crippen LogP contribution in [-0.2, 0) is 20.1 Å². The Morgan fingerprint density at radius 3 is 2.23 bits per heavy atom. The summed E-state index contributed by atoms with van der Waals surface area (Å²) in [7, 11) is 0. The zero-order valence-electron chi connectivity index (χ0n) is 13.6. The van der Waals surface area contributed by atoms with Crippen molar-refractivity contribution >= 4 is 16.4 Å². The summed E-state index contributed by atoms with van der Waals surface area (Å²) in [5, 5.41) is 2.13. The summed E-state index contributed by atoms with van der Waals surface area (Å²) in [6, 6.07) is 17.7. The SMILES string of the molecule is [Ir].[c-]1cc(-c2ccncc2)cc2ccn3c(-c4ccncc4)cnc3c12. The van der Waals surface area contributed by atoms with Crippen LogP contribution in [0.5, 0.6) is 0 Å². The van der Waals surface area contributed by atoms with Crippen molar-refractivity contribution in [2.24, 2.45) is 0 Å². The van der Waals surface area contributed by atoms with Crippen LogP contribution in [0.3, 0.4) is 0 Å². The standard InChI is InChI=1S/C21H13N4.Ir/c1-2-19-18(13-17(1)15-3-8-22-9-4-15)7-12-25-20(14-24-21(19)25)16-5-10-23-11-6-16;/h1,3-14H;/q-1;. The van der Waals surface area contributed by atoms with Gasteiger partial charge in [0.15, 0.2) is 0 Å². The number of hydrogen-bond donors (Lipinski definition) is 0. The molecule has 5 heteroatoms. The van der Waals surface area contributed by atoms with E-state index >= 15 is 0 Å². The van der Waals surface area contributed by atoms with Gasteiger partial charge in [0, 0.05) is 56.7 Å². The molecule has 5 rings (SSSR count). The van der Waals surface area contributed by atoms with Gasteiger partial charge < -0.3 is 4.40 Å². The third kappa shape index (κ3) is 2.71. The minimum Gasteiger partial charge on any atom is -0.341 e. The molecule has 1 radical (unpaired) electrons. The quantitative estimate of drug-likeness (QED) is 0.329. The molecule has 127 valence electrons. The molecule has 0 bridgehead atoms. The summed E-state index contributed by atoms with van der Waals surface area (Å²) in [5.74, 6) is 0. The fourth-order valence-corrected chi connectivity index (χ4v) is 3.14. The molecule has 0 saturated heterocycles. The number of rotatable bonds is 2. The second-order valence-corrected chi connectivity index (χ2v) is 5.84. The number of fused-ring (bicyclic) bond motifs is 3. The Bertz CT molecular complexity index is 1180. The maximum absolute atomic E-state index is 4.63. The molecule has 0 aliphatic rings. The number of pyridine rings is 3. The molecular formula is C21H13IrN4-. The monoisotopic (exact) mass is 514 g/mol. The Hall–Kier alpha value is -2.88. The number of benzene rings is 1. The van der Waals surface area contributed by atoms with Crippen LogP contribution in [-0.4, -0.2) is 19.4 Å². The van der Waals surface area contributed by atoms with E-state index in [9.17, 15) is 0 Å². The maximum atomic E-state index is 4.63. The van der Waals surface area contributed by atoms with E-state index in [1.165, 1.54) is 0 Å². The van der Waals surface area contributed by atoms with Gasteiger partial charge >= 0.3 is 0 Å². The van der Waals surface area contributed by atoms with Crippen molar-refractivity contribution in [1.29, 1.82) is 0 Å². The molecule has 26 heavy (non-hydrogen) atoms. The van der Waals surface area contributed by atoms with Crippen molar-refractivity contribution in [3.05, 3.63) is 85.7 Å². The Morgan fingerprint density at radius 2 is 1.50 bits per heavy atom. The van der Waals surface area contributed by atoms with E-state index in [1.54, 1.807) is 24.8 Å². The van der Waals surface area contributed by atoms with Crippen LogP contribution in [0.15, 0.2) is 79.6 Å². The molecule has 0 saturated carbocycles. The van der Waals surface area contributed by atoms with Crippen LogP contribution in [0.1, 0.15) is 0 Å².